The average Bonchev–Trinajstić information content (AvgIpc) is 2.73. The van der Waals surface area contributed by atoms with Crippen LogP contribution >= 0.6 is 11.6 Å². The number of hydrazine groups is 1. The Bertz CT molecular complexity index is 568. The fourth-order valence-electron chi connectivity index (χ4n) is 2.05. The molecule has 2 aromatic rings. The monoisotopic (exact) mass is 282 g/mol. The van der Waals surface area contributed by atoms with Gasteiger partial charge >= 0.3 is 0 Å². The third-order valence-electron chi connectivity index (χ3n) is 2.90. The number of benzene rings is 1. The molecule has 0 amide bonds. The van der Waals surface area contributed by atoms with Gasteiger partial charge in [-0.3, -0.25) is 10.5 Å². The molecule has 6 heteroatoms. The quantitative estimate of drug-likeness (QED) is 0.670. The molecule has 2 rings (SSSR count). The number of nitrogens with one attached hydrogen (secondary N) is 1. The molecule has 1 aromatic heterocycles. The summed E-state index contributed by atoms with van der Waals surface area (Å²) >= 11 is 6.18. The molecule has 4 nitrogen and oxygen atoms in total. The summed E-state index contributed by atoms with van der Waals surface area (Å²) in [6, 6.07) is 5.97. The summed E-state index contributed by atoms with van der Waals surface area (Å²) in [5.41, 5.74) is 4.10. The summed E-state index contributed by atoms with van der Waals surface area (Å²) in [6.07, 6.45) is 1.57. The van der Waals surface area contributed by atoms with Crippen LogP contribution in [0.2, 0.25) is 5.02 Å². The molecular weight excluding hydrogens is 267 g/mol. The lowest BCUT2D eigenvalue weighted by Gasteiger charge is -2.20. The van der Waals surface area contributed by atoms with Crippen LogP contribution in [-0.2, 0) is 0 Å². The molecule has 0 spiro atoms. The van der Waals surface area contributed by atoms with Gasteiger partial charge in [-0.1, -0.05) is 23.7 Å². The van der Waals surface area contributed by atoms with Gasteiger partial charge in [0.2, 0.25) is 0 Å². The van der Waals surface area contributed by atoms with Crippen molar-refractivity contribution in [2.75, 3.05) is 0 Å². The molecular formula is C13H16ClFN4. The topological polar surface area (TPSA) is 55.9 Å². The molecule has 0 fully saturated rings. The maximum atomic E-state index is 13.3. The van der Waals surface area contributed by atoms with Crippen molar-refractivity contribution in [1.29, 1.82) is 0 Å². The zero-order chi connectivity index (χ0) is 14.0. The molecule has 0 aliphatic heterocycles. The van der Waals surface area contributed by atoms with Crippen molar-refractivity contribution in [2.24, 2.45) is 5.84 Å². The van der Waals surface area contributed by atoms with Gasteiger partial charge in [0, 0.05) is 6.04 Å². The molecule has 0 saturated carbocycles. The van der Waals surface area contributed by atoms with Gasteiger partial charge in [0.05, 0.1) is 23.0 Å². The van der Waals surface area contributed by atoms with Gasteiger partial charge in [-0.25, -0.2) is 9.82 Å². The second kappa shape index (κ2) is 5.69. The van der Waals surface area contributed by atoms with E-state index in [1.54, 1.807) is 23.0 Å². The van der Waals surface area contributed by atoms with Crippen molar-refractivity contribution in [3.63, 3.8) is 0 Å². The minimum absolute atomic E-state index is 0.131. The van der Waals surface area contributed by atoms with Gasteiger partial charge in [0.15, 0.2) is 0 Å². The largest absolute Gasteiger partial charge is 0.271 e. The molecule has 1 unspecified atom stereocenters. The van der Waals surface area contributed by atoms with Crippen LogP contribution in [0.15, 0.2) is 30.5 Å². The highest BCUT2D eigenvalue weighted by atomic mass is 35.5. The van der Waals surface area contributed by atoms with E-state index in [1.807, 2.05) is 13.8 Å². The van der Waals surface area contributed by atoms with Crippen molar-refractivity contribution in [3.05, 3.63) is 52.6 Å². The van der Waals surface area contributed by atoms with Gasteiger partial charge in [0.1, 0.15) is 5.82 Å². The maximum absolute atomic E-state index is 13.3. The van der Waals surface area contributed by atoms with E-state index in [2.05, 4.69) is 10.5 Å². The highest BCUT2D eigenvalue weighted by Gasteiger charge is 2.22. The number of halogens is 2. The van der Waals surface area contributed by atoms with Crippen molar-refractivity contribution in [1.82, 2.24) is 15.2 Å². The van der Waals surface area contributed by atoms with E-state index in [0.717, 1.165) is 5.69 Å². The third-order valence-corrected chi connectivity index (χ3v) is 3.19. The molecule has 0 aliphatic rings. The maximum Gasteiger partial charge on any atom is 0.123 e. The van der Waals surface area contributed by atoms with E-state index in [9.17, 15) is 4.39 Å². The van der Waals surface area contributed by atoms with Crippen molar-refractivity contribution in [2.45, 2.75) is 25.9 Å². The number of nitrogens with two attached hydrogens (primary N) is 1. The van der Waals surface area contributed by atoms with Crippen molar-refractivity contribution >= 4 is 11.6 Å². The van der Waals surface area contributed by atoms with E-state index in [0.29, 0.717) is 10.6 Å². The highest BCUT2D eigenvalue weighted by molar-refractivity contribution is 6.31. The lowest BCUT2D eigenvalue weighted by atomic mass is 10.0. The SMILES string of the molecule is CC(C)n1ncc(Cl)c1C(NN)c1cccc(F)c1. The predicted octanol–water partition coefficient (Wildman–Crippen LogP) is 2.81. The second-order valence-electron chi connectivity index (χ2n) is 4.57. The smallest absolute Gasteiger partial charge is 0.123 e. The molecule has 0 radical (unpaired) electrons. The van der Waals surface area contributed by atoms with Gasteiger partial charge in [-0.15, -0.1) is 0 Å². The van der Waals surface area contributed by atoms with E-state index in [4.69, 9.17) is 17.4 Å². The van der Waals surface area contributed by atoms with Crippen LogP contribution in [0.3, 0.4) is 0 Å². The Balaban J connectivity index is 2.51. The molecule has 0 bridgehead atoms. The van der Waals surface area contributed by atoms with E-state index >= 15 is 0 Å². The number of hydrogen-bond acceptors (Lipinski definition) is 3. The average molecular weight is 283 g/mol. The Morgan fingerprint density at radius 2 is 2.16 bits per heavy atom. The number of rotatable bonds is 4. The Hall–Kier alpha value is -1.43. The van der Waals surface area contributed by atoms with Gasteiger partial charge in [-0.05, 0) is 31.5 Å². The normalized spacial score (nSPS) is 12.9. The van der Waals surface area contributed by atoms with Gasteiger partial charge in [0.25, 0.3) is 0 Å². The number of nitrogens with zero attached hydrogens (tertiary/aromatic N) is 2. The molecule has 0 saturated heterocycles. The Labute approximate surface area is 116 Å². The first-order valence-electron chi connectivity index (χ1n) is 5.99. The van der Waals surface area contributed by atoms with Gasteiger partial charge in [-0.2, -0.15) is 5.10 Å². The zero-order valence-electron chi connectivity index (χ0n) is 10.8. The fraction of sp³-hybridized carbons (Fsp3) is 0.308. The van der Waals surface area contributed by atoms with Crippen LogP contribution in [0.5, 0.6) is 0 Å². The van der Waals surface area contributed by atoms with Crippen LogP contribution in [0.4, 0.5) is 4.39 Å². The summed E-state index contributed by atoms with van der Waals surface area (Å²) in [5.74, 6) is 5.30. The molecule has 19 heavy (non-hydrogen) atoms. The van der Waals surface area contributed by atoms with E-state index in [-0.39, 0.29) is 11.9 Å². The van der Waals surface area contributed by atoms with Crippen molar-refractivity contribution in [3.8, 4) is 0 Å². The van der Waals surface area contributed by atoms with Crippen molar-refractivity contribution < 1.29 is 4.39 Å². The third kappa shape index (κ3) is 2.78. The predicted molar refractivity (Wildman–Crippen MR) is 73.2 cm³/mol. The molecule has 0 aliphatic carbocycles. The fourth-order valence-corrected chi connectivity index (χ4v) is 2.29. The molecule has 1 aromatic carbocycles. The lowest BCUT2D eigenvalue weighted by molar-refractivity contribution is 0.475. The zero-order valence-corrected chi connectivity index (χ0v) is 11.5. The van der Waals surface area contributed by atoms with E-state index in [1.165, 1.54) is 12.1 Å². The number of hydrogen-bond donors (Lipinski definition) is 2. The minimum atomic E-state index is -0.409. The first-order valence-corrected chi connectivity index (χ1v) is 6.37. The second-order valence-corrected chi connectivity index (χ2v) is 4.98. The summed E-state index contributed by atoms with van der Waals surface area (Å²) in [5, 5.41) is 4.73. The summed E-state index contributed by atoms with van der Waals surface area (Å²) < 4.78 is 15.1. The summed E-state index contributed by atoms with van der Waals surface area (Å²) in [6.45, 7) is 3.98. The first-order chi connectivity index (χ1) is 9.04. The van der Waals surface area contributed by atoms with Gasteiger partial charge < -0.3 is 0 Å². The van der Waals surface area contributed by atoms with Crippen LogP contribution in [0, 0.1) is 5.82 Å². The number of aromatic nitrogens is 2. The summed E-state index contributed by atoms with van der Waals surface area (Å²) in [7, 11) is 0. The molecule has 102 valence electrons. The highest BCUT2D eigenvalue weighted by Crippen LogP contribution is 2.29. The molecule has 1 atom stereocenters. The minimum Gasteiger partial charge on any atom is -0.271 e. The van der Waals surface area contributed by atoms with Crippen LogP contribution in [0.1, 0.15) is 37.2 Å². The van der Waals surface area contributed by atoms with Crippen LogP contribution in [0.25, 0.3) is 0 Å². The summed E-state index contributed by atoms with van der Waals surface area (Å²) in [4.78, 5) is 0. The molecule has 3 N–H and O–H groups in total. The molecule has 1 heterocycles. The van der Waals surface area contributed by atoms with E-state index < -0.39 is 6.04 Å². The Morgan fingerprint density at radius 3 is 2.74 bits per heavy atom. The first kappa shape index (κ1) is 14.0. The lowest BCUT2D eigenvalue weighted by Crippen LogP contribution is -2.31. The standard InChI is InChI=1S/C13H16ClFN4/c1-8(2)19-13(11(14)7-17-19)12(18-16)9-4-3-5-10(15)6-9/h3-8,12,18H,16H2,1-2H3. The van der Waals surface area contributed by atoms with Crippen LogP contribution in [-0.4, -0.2) is 9.78 Å². The Morgan fingerprint density at radius 1 is 1.42 bits per heavy atom. The Kier molecular flexibility index (Phi) is 4.19. The van der Waals surface area contributed by atoms with Crippen LogP contribution < -0.4 is 11.3 Å².